The van der Waals surface area contributed by atoms with E-state index in [4.69, 9.17) is 54.9 Å². The van der Waals surface area contributed by atoms with Crippen LogP contribution in [0.5, 0.6) is 0 Å². The zero-order chi connectivity index (χ0) is 45.4. The number of H-pyrrole nitrogens is 1. The van der Waals surface area contributed by atoms with Gasteiger partial charge < -0.3 is 64.2 Å². The van der Waals surface area contributed by atoms with Crippen molar-refractivity contribution in [2.45, 2.75) is 69.6 Å². The topological polar surface area (TPSA) is 341 Å². The number of phosphoric ester groups is 1. The Balaban J connectivity index is 1.53. The van der Waals surface area contributed by atoms with Gasteiger partial charge in [-0.25, -0.2) is 23.3 Å². The lowest BCUT2D eigenvalue weighted by Gasteiger charge is -2.22. The van der Waals surface area contributed by atoms with Crippen molar-refractivity contribution in [1.82, 2.24) is 25.2 Å². The highest BCUT2D eigenvalue weighted by atomic mass is 33.1. The van der Waals surface area contributed by atoms with Crippen molar-refractivity contribution >= 4 is 94.9 Å². The fourth-order valence-electron chi connectivity index (χ4n) is 5.02. The summed E-state index contributed by atoms with van der Waals surface area (Å²) >= 11 is 5.20. The average molecular weight is 1000 g/mol. The quantitative estimate of drug-likeness (QED) is 0.0233. The standard InChI is InChI=1S/C30H49N6O18P3S4/c1-5-32-28(38)49-14-10-30(2,3)60-59-18-47-12-6-7-13-48-29(39)33-11-8-9-20-16-36(25-24(20)26(37)35-27(31)34-25)23-15-21(50-19-61(4)58)22(52-23)17-51-56(43,44)54-57(45,46)53-55(40,41)42/h16,21-23H,5-7,10-15,17-19H2,1-4H3,(H,32,38)(H,33,39)(H,43,44)(H,45,46)(H2,40,41,42)(H3,31,34,35,37)/t21-,22+,23+,61?/m0/s1. The summed E-state index contributed by atoms with van der Waals surface area (Å²) in [6.07, 6.45) is 0.863. The van der Waals surface area contributed by atoms with Crippen molar-refractivity contribution in [3.05, 3.63) is 22.1 Å². The van der Waals surface area contributed by atoms with Crippen LogP contribution in [0, 0.1) is 11.8 Å². The Kier molecular flexibility index (Phi) is 21.6. The minimum absolute atomic E-state index is 0.0218. The summed E-state index contributed by atoms with van der Waals surface area (Å²) in [5.74, 6) is 5.83. The van der Waals surface area contributed by atoms with Crippen molar-refractivity contribution in [3.63, 3.8) is 0 Å². The van der Waals surface area contributed by atoms with E-state index in [2.05, 4.69) is 54.9 Å². The molecule has 0 radical (unpaired) electrons. The van der Waals surface area contributed by atoms with Gasteiger partial charge in [0.05, 0.1) is 49.4 Å². The van der Waals surface area contributed by atoms with Crippen molar-refractivity contribution in [2.24, 2.45) is 0 Å². The molecule has 6 atom stereocenters. The van der Waals surface area contributed by atoms with Gasteiger partial charge in [-0.2, -0.15) is 13.6 Å². The predicted octanol–water partition coefficient (Wildman–Crippen LogP) is 3.12. The molecule has 0 aliphatic carbocycles. The number of nitrogen functional groups attached to an aromatic ring is 1. The monoisotopic (exact) mass is 1000 g/mol. The lowest BCUT2D eigenvalue weighted by atomic mass is 10.1. The van der Waals surface area contributed by atoms with Crippen LogP contribution in [0.2, 0.25) is 0 Å². The molecule has 346 valence electrons. The highest BCUT2D eigenvalue weighted by Crippen LogP contribution is 2.66. The minimum atomic E-state index is -5.77. The Morgan fingerprint density at radius 3 is 2.49 bits per heavy atom. The number of hydrogen-bond donors (Lipinski definition) is 8. The molecule has 31 heteroatoms. The molecule has 1 fully saturated rings. The van der Waals surface area contributed by atoms with E-state index in [9.17, 15) is 37.9 Å². The summed E-state index contributed by atoms with van der Waals surface area (Å²) in [6.45, 7) is 6.38. The maximum absolute atomic E-state index is 13.0. The Morgan fingerprint density at radius 1 is 1.11 bits per heavy atom. The summed E-state index contributed by atoms with van der Waals surface area (Å²) in [6, 6.07) is 0. The van der Waals surface area contributed by atoms with Gasteiger partial charge in [0.2, 0.25) is 5.95 Å². The lowest BCUT2D eigenvalue weighted by Crippen LogP contribution is -2.29. The van der Waals surface area contributed by atoms with Gasteiger partial charge in [-0.3, -0.25) is 14.3 Å². The highest BCUT2D eigenvalue weighted by Gasteiger charge is 2.44. The van der Waals surface area contributed by atoms with Crippen LogP contribution in [0.3, 0.4) is 0 Å². The molecule has 61 heavy (non-hydrogen) atoms. The maximum Gasteiger partial charge on any atom is 0.490 e. The van der Waals surface area contributed by atoms with Gasteiger partial charge >= 0.3 is 35.7 Å². The number of nitrogens with zero attached hydrogens (tertiary/aromatic N) is 2. The number of nitrogens with one attached hydrogen (secondary N) is 3. The number of alkyl carbamates (subject to hydrolysis) is 2. The zero-order valence-corrected chi connectivity index (χ0v) is 39.2. The molecule has 2 aromatic heterocycles. The van der Waals surface area contributed by atoms with Crippen LogP contribution < -0.4 is 21.9 Å². The summed E-state index contributed by atoms with van der Waals surface area (Å²) in [4.78, 5) is 80.3. The third-order valence-corrected chi connectivity index (χ3v) is 15.2. The zero-order valence-electron chi connectivity index (χ0n) is 33.2. The number of amides is 2. The van der Waals surface area contributed by atoms with Crippen molar-refractivity contribution in [2.75, 3.05) is 63.4 Å². The average Bonchev–Trinajstić information content (AvgIpc) is 3.70. The van der Waals surface area contributed by atoms with Gasteiger partial charge in [-0.05, 0) is 57.5 Å². The third-order valence-electron chi connectivity index (χ3n) is 7.59. The number of carbonyl (C=O) groups is 2. The first kappa shape index (κ1) is 53.2. The van der Waals surface area contributed by atoms with Gasteiger partial charge in [0.25, 0.3) is 5.56 Å². The summed E-state index contributed by atoms with van der Waals surface area (Å²) < 4.78 is 76.6. The lowest BCUT2D eigenvalue weighted by molar-refractivity contribution is -0.0522. The molecule has 2 aromatic rings. The summed E-state index contributed by atoms with van der Waals surface area (Å²) in [5.41, 5.74) is 5.40. The Hall–Kier alpha value is -2.12. The first-order valence-corrected chi connectivity index (χ1v) is 27.5. The second-order valence-corrected chi connectivity index (χ2v) is 23.6. The number of fused-ring (bicyclic) bond motifs is 1. The van der Waals surface area contributed by atoms with E-state index < -0.39 is 75.7 Å². The number of ether oxygens (including phenoxy) is 5. The van der Waals surface area contributed by atoms with Crippen LogP contribution in [-0.2, 0) is 71.2 Å². The van der Waals surface area contributed by atoms with E-state index in [1.165, 1.54) is 10.8 Å². The molecule has 24 nitrogen and oxygen atoms in total. The molecule has 3 heterocycles. The first-order valence-electron chi connectivity index (χ1n) is 17.9. The van der Waals surface area contributed by atoms with Crippen LogP contribution in [0.25, 0.3) is 11.0 Å². The van der Waals surface area contributed by atoms with Crippen molar-refractivity contribution in [1.29, 1.82) is 0 Å². The Labute approximate surface area is 365 Å². The summed E-state index contributed by atoms with van der Waals surface area (Å²) in [7, 11) is -14.3. The summed E-state index contributed by atoms with van der Waals surface area (Å²) in [5, 5.41) is 5.11. The Morgan fingerprint density at radius 2 is 1.80 bits per heavy atom. The van der Waals surface area contributed by atoms with Gasteiger partial charge in [-0.1, -0.05) is 42.9 Å². The minimum Gasteiger partial charge on any atom is -0.450 e. The molecule has 3 unspecified atom stereocenters. The van der Waals surface area contributed by atoms with E-state index >= 15 is 0 Å². The van der Waals surface area contributed by atoms with E-state index in [1.807, 2.05) is 6.92 Å². The van der Waals surface area contributed by atoms with Crippen molar-refractivity contribution < 1.29 is 79.7 Å². The number of aromatic amines is 1. The predicted molar refractivity (Wildman–Crippen MR) is 229 cm³/mol. The third kappa shape index (κ3) is 20.1. The molecular formula is C30H49N6O18P3S4. The number of carbonyl (C=O) groups excluding carboxylic acids is 2. The van der Waals surface area contributed by atoms with E-state index in [1.54, 1.807) is 27.8 Å². The maximum atomic E-state index is 13.0. The van der Waals surface area contributed by atoms with Crippen LogP contribution in [-0.4, -0.2) is 121 Å². The van der Waals surface area contributed by atoms with Gasteiger partial charge in [0.15, 0.2) is 5.65 Å². The molecule has 9 N–H and O–H groups in total. The van der Waals surface area contributed by atoms with Gasteiger partial charge in [-0.15, -0.1) is 0 Å². The number of phosphoric acid groups is 3. The molecule has 0 saturated carbocycles. The molecule has 0 aromatic carbocycles. The fraction of sp³-hybridized carbons (Fsp3) is 0.667. The molecule has 0 bridgehead atoms. The number of rotatable bonds is 25. The normalized spacial score (nSPS) is 19.3. The fourth-order valence-corrected chi connectivity index (χ4v) is 10.9. The number of anilines is 1. The van der Waals surface area contributed by atoms with E-state index in [0.717, 1.165) is 0 Å². The molecule has 1 aliphatic heterocycles. The smallest absolute Gasteiger partial charge is 0.450 e. The molecule has 3 rings (SSSR count). The SMILES string of the molecule is CCNC(=O)OCCC(C)(C)SSCOCCCCOC(=O)NCC#Cc1cn([C@H]2C[C@H](OCS(C)=S)[C@@H](COP(=O)(O)OP(=O)(O)OP(=O)(O)O)O2)c2nc(N)[nH]c(=O)c12. The van der Waals surface area contributed by atoms with Crippen LogP contribution in [0.15, 0.2) is 11.0 Å². The number of aromatic nitrogens is 3. The largest absolute Gasteiger partial charge is 0.490 e. The number of hydrogen-bond acceptors (Lipinski definition) is 19. The second-order valence-electron chi connectivity index (χ2n) is 13.1. The highest BCUT2D eigenvalue weighted by molar-refractivity contribution is 8.77. The second kappa shape index (κ2) is 24.8. The molecular weight excluding hydrogens is 954 g/mol. The molecule has 2 amide bonds. The van der Waals surface area contributed by atoms with Crippen LogP contribution in [0.1, 0.15) is 58.2 Å². The van der Waals surface area contributed by atoms with Gasteiger partial charge in [0, 0.05) is 30.5 Å². The molecule has 0 spiro atoms. The van der Waals surface area contributed by atoms with Gasteiger partial charge in [0.1, 0.15) is 18.3 Å². The molecule has 1 aliphatic rings. The number of unbranched alkanes of at least 4 members (excludes halogenated alkanes) is 1. The number of nitrogens with two attached hydrogens (primary N) is 1. The van der Waals surface area contributed by atoms with E-state index in [-0.39, 0.29) is 52.8 Å². The van der Waals surface area contributed by atoms with Crippen LogP contribution in [0.4, 0.5) is 15.5 Å². The van der Waals surface area contributed by atoms with Crippen molar-refractivity contribution in [3.8, 4) is 11.8 Å². The van der Waals surface area contributed by atoms with E-state index in [0.29, 0.717) is 45.0 Å². The first-order chi connectivity index (χ1) is 28.5. The van der Waals surface area contributed by atoms with Crippen LogP contribution >= 0.6 is 45.1 Å². The Bertz CT molecular complexity index is 2100. The molecule has 1 saturated heterocycles.